The van der Waals surface area contributed by atoms with E-state index in [0.29, 0.717) is 22.9 Å². The van der Waals surface area contributed by atoms with Crippen molar-refractivity contribution in [3.63, 3.8) is 0 Å². The normalized spacial score (nSPS) is 17.1. The zero-order chi connectivity index (χ0) is 24.5. The quantitative estimate of drug-likeness (QED) is 0.550. The molecule has 2 N–H and O–H groups in total. The summed E-state index contributed by atoms with van der Waals surface area (Å²) in [6.07, 6.45) is 1.61. The Morgan fingerprint density at radius 2 is 1.71 bits per heavy atom. The number of morpholine rings is 1. The predicted molar refractivity (Wildman–Crippen MR) is 136 cm³/mol. The highest BCUT2D eigenvalue weighted by molar-refractivity contribution is 6.30. The zero-order valence-corrected chi connectivity index (χ0v) is 20.6. The number of hydrogen-bond acceptors (Lipinski definition) is 6. The van der Waals surface area contributed by atoms with Gasteiger partial charge in [-0.3, -0.25) is 14.5 Å². The van der Waals surface area contributed by atoms with Crippen LogP contribution in [0.3, 0.4) is 0 Å². The zero-order valence-electron chi connectivity index (χ0n) is 19.9. The minimum atomic E-state index is -0.140. The monoisotopic (exact) mass is 500 g/mol. The van der Waals surface area contributed by atoms with Crippen LogP contribution in [0.1, 0.15) is 23.2 Å². The van der Waals surface area contributed by atoms with Crippen LogP contribution in [-0.4, -0.2) is 81.8 Å². The highest BCUT2D eigenvalue weighted by Gasteiger charge is 2.24. The van der Waals surface area contributed by atoms with E-state index in [2.05, 4.69) is 20.4 Å². The maximum atomic E-state index is 12.9. The lowest BCUT2D eigenvalue weighted by atomic mass is 10.0. The number of nitrogens with one attached hydrogen (secondary N) is 2. The third-order valence-corrected chi connectivity index (χ3v) is 6.60. The van der Waals surface area contributed by atoms with Crippen molar-refractivity contribution < 1.29 is 19.1 Å². The van der Waals surface area contributed by atoms with Crippen LogP contribution < -0.4 is 20.3 Å². The number of halogens is 1. The van der Waals surface area contributed by atoms with Gasteiger partial charge in [-0.1, -0.05) is 23.7 Å². The molecule has 2 amide bonds. The molecule has 35 heavy (non-hydrogen) atoms. The number of benzene rings is 2. The van der Waals surface area contributed by atoms with Gasteiger partial charge in [0.2, 0.25) is 0 Å². The van der Waals surface area contributed by atoms with E-state index >= 15 is 0 Å². The molecular weight excluding hydrogens is 468 g/mol. The Balaban J connectivity index is 1.22. The first-order chi connectivity index (χ1) is 17.1. The molecule has 8 nitrogen and oxygen atoms in total. The lowest BCUT2D eigenvalue weighted by Crippen LogP contribution is -2.46. The predicted octanol–water partition coefficient (Wildman–Crippen LogP) is 2.57. The van der Waals surface area contributed by atoms with Crippen molar-refractivity contribution in [3.05, 3.63) is 59.1 Å². The summed E-state index contributed by atoms with van der Waals surface area (Å²) in [5, 5.41) is 6.75. The number of amides is 2. The summed E-state index contributed by atoms with van der Waals surface area (Å²) in [6, 6.07) is 14.8. The average molecular weight is 501 g/mol. The minimum absolute atomic E-state index is 0.0324. The molecule has 4 rings (SSSR count). The van der Waals surface area contributed by atoms with E-state index in [1.807, 2.05) is 24.3 Å². The number of anilines is 1. The fraction of sp³-hybridized carbons (Fsp3) is 0.462. The number of rotatable bonds is 9. The van der Waals surface area contributed by atoms with Crippen LogP contribution in [0.25, 0.3) is 0 Å². The SMILES string of the molecule is O=C(COc1ccc(Cl)cc1)NC1CCN(c2ccccc2C(=O)NCCN2CCOCC2)CC1. The summed E-state index contributed by atoms with van der Waals surface area (Å²) in [7, 11) is 0. The molecule has 9 heteroatoms. The molecule has 2 saturated heterocycles. The van der Waals surface area contributed by atoms with E-state index in [9.17, 15) is 9.59 Å². The highest BCUT2D eigenvalue weighted by atomic mass is 35.5. The number of nitrogens with zero attached hydrogens (tertiary/aromatic N) is 2. The molecule has 2 heterocycles. The Bertz CT molecular complexity index is 974. The molecule has 0 aromatic heterocycles. The van der Waals surface area contributed by atoms with Gasteiger partial charge in [0, 0.05) is 56.0 Å². The summed E-state index contributed by atoms with van der Waals surface area (Å²) in [5.74, 6) is 0.418. The average Bonchev–Trinajstić information content (AvgIpc) is 2.89. The van der Waals surface area contributed by atoms with Crippen LogP contribution >= 0.6 is 11.6 Å². The van der Waals surface area contributed by atoms with E-state index in [-0.39, 0.29) is 24.5 Å². The summed E-state index contributed by atoms with van der Waals surface area (Å²) >= 11 is 5.87. The lowest BCUT2D eigenvalue weighted by molar-refractivity contribution is -0.123. The number of hydrogen-bond donors (Lipinski definition) is 2. The first-order valence-corrected chi connectivity index (χ1v) is 12.6. The van der Waals surface area contributed by atoms with Gasteiger partial charge in [-0.2, -0.15) is 0 Å². The van der Waals surface area contributed by atoms with Crippen molar-refractivity contribution in [3.8, 4) is 5.75 Å². The number of carbonyl (C=O) groups excluding carboxylic acids is 2. The van der Waals surface area contributed by atoms with E-state index in [0.717, 1.165) is 64.5 Å². The molecule has 2 aliphatic rings. The van der Waals surface area contributed by atoms with Gasteiger partial charge in [0.1, 0.15) is 5.75 Å². The second-order valence-corrected chi connectivity index (χ2v) is 9.23. The van der Waals surface area contributed by atoms with Gasteiger partial charge in [-0.05, 0) is 49.2 Å². The van der Waals surface area contributed by atoms with Crippen LogP contribution in [0.2, 0.25) is 5.02 Å². The van der Waals surface area contributed by atoms with Crippen LogP contribution in [0, 0.1) is 0 Å². The van der Waals surface area contributed by atoms with Gasteiger partial charge in [0.25, 0.3) is 11.8 Å². The molecule has 0 unspecified atom stereocenters. The molecule has 0 aliphatic carbocycles. The van der Waals surface area contributed by atoms with Gasteiger partial charge in [-0.15, -0.1) is 0 Å². The van der Waals surface area contributed by atoms with E-state index in [1.54, 1.807) is 24.3 Å². The number of piperidine rings is 1. The van der Waals surface area contributed by atoms with Crippen LogP contribution in [-0.2, 0) is 9.53 Å². The van der Waals surface area contributed by atoms with Crippen molar-refractivity contribution in [2.45, 2.75) is 18.9 Å². The van der Waals surface area contributed by atoms with Gasteiger partial charge in [0.05, 0.1) is 18.8 Å². The fourth-order valence-corrected chi connectivity index (χ4v) is 4.53. The Kier molecular flexibility index (Phi) is 9.22. The smallest absolute Gasteiger partial charge is 0.258 e. The Labute approximate surface area is 211 Å². The maximum absolute atomic E-state index is 12.9. The molecule has 0 bridgehead atoms. The number of para-hydroxylation sites is 1. The lowest BCUT2D eigenvalue weighted by Gasteiger charge is -2.35. The Morgan fingerprint density at radius 3 is 2.46 bits per heavy atom. The molecule has 2 aromatic rings. The molecule has 0 radical (unpaired) electrons. The van der Waals surface area contributed by atoms with Gasteiger partial charge >= 0.3 is 0 Å². The first kappa shape index (κ1) is 25.3. The molecule has 0 atom stereocenters. The van der Waals surface area contributed by atoms with E-state index in [4.69, 9.17) is 21.1 Å². The minimum Gasteiger partial charge on any atom is -0.484 e. The first-order valence-electron chi connectivity index (χ1n) is 12.2. The fourth-order valence-electron chi connectivity index (χ4n) is 4.40. The third kappa shape index (κ3) is 7.59. The van der Waals surface area contributed by atoms with Crippen LogP contribution in [0.4, 0.5) is 5.69 Å². The third-order valence-electron chi connectivity index (χ3n) is 6.35. The maximum Gasteiger partial charge on any atom is 0.258 e. The van der Waals surface area contributed by atoms with Crippen molar-refractivity contribution in [1.29, 1.82) is 0 Å². The Morgan fingerprint density at radius 1 is 1.00 bits per heavy atom. The summed E-state index contributed by atoms with van der Waals surface area (Å²) in [4.78, 5) is 29.8. The van der Waals surface area contributed by atoms with Gasteiger partial charge in [-0.25, -0.2) is 0 Å². The largest absolute Gasteiger partial charge is 0.484 e. The van der Waals surface area contributed by atoms with Gasteiger partial charge < -0.3 is 25.0 Å². The van der Waals surface area contributed by atoms with Crippen LogP contribution in [0.5, 0.6) is 5.75 Å². The topological polar surface area (TPSA) is 83.1 Å². The van der Waals surface area contributed by atoms with Crippen molar-refractivity contribution >= 4 is 29.1 Å². The molecule has 0 spiro atoms. The summed E-state index contributed by atoms with van der Waals surface area (Å²) in [6.45, 7) is 6.25. The highest BCUT2D eigenvalue weighted by Crippen LogP contribution is 2.24. The number of carbonyl (C=O) groups is 2. The standard InChI is InChI=1S/C26H33ClN4O4/c27-20-5-7-22(8-6-20)35-19-25(32)29-21-9-12-31(13-10-21)24-4-2-1-3-23(24)26(33)28-11-14-30-15-17-34-18-16-30/h1-8,21H,9-19H2,(H,28,33)(H,29,32). The van der Waals surface area contributed by atoms with E-state index < -0.39 is 0 Å². The summed E-state index contributed by atoms with van der Waals surface area (Å²) in [5.41, 5.74) is 1.63. The van der Waals surface area contributed by atoms with Crippen molar-refractivity contribution in [1.82, 2.24) is 15.5 Å². The number of ether oxygens (including phenoxy) is 2. The molecular formula is C26H33ClN4O4. The van der Waals surface area contributed by atoms with Gasteiger partial charge in [0.15, 0.2) is 6.61 Å². The van der Waals surface area contributed by atoms with Crippen LogP contribution in [0.15, 0.2) is 48.5 Å². The molecule has 2 fully saturated rings. The van der Waals surface area contributed by atoms with Crippen molar-refractivity contribution in [2.75, 3.05) is 64.0 Å². The Hall–Kier alpha value is -2.81. The second-order valence-electron chi connectivity index (χ2n) is 8.80. The molecule has 2 aliphatic heterocycles. The van der Waals surface area contributed by atoms with Crippen molar-refractivity contribution in [2.24, 2.45) is 0 Å². The summed E-state index contributed by atoms with van der Waals surface area (Å²) < 4.78 is 10.9. The molecule has 0 saturated carbocycles. The molecule has 188 valence electrons. The van der Waals surface area contributed by atoms with E-state index in [1.165, 1.54) is 0 Å². The molecule has 2 aromatic carbocycles. The second kappa shape index (κ2) is 12.8.